The summed E-state index contributed by atoms with van der Waals surface area (Å²) < 4.78 is 39.1. The van der Waals surface area contributed by atoms with Gasteiger partial charge in [-0.3, -0.25) is 4.79 Å². The first-order valence-electron chi connectivity index (χ1n) is 7.96. The Balaban J connectivity index is 2.00. The number of hydrogen-bond acceptors (Lipinski definition) is 5. The minimum absolute atomic E-state index is 0.0287. The van der Waals surface area contributed by atoms with Crippen LogP contribution in [-0.4, -0.2) is 25.1 Å². The molecule has 0 radical (unpaired) electrons. The van der Waals surface area contributed by atoms with Crippen LogP contribution in [0.3, 0.4) is 0 Å². The van der Waals surface area contributed by atoms with Crippen LogP contribution in [0.2, 0.25) is 0 Å². The summed E-state index contributed by atoms with van der Waals surface area (Å²) >= 11 is 3.08. The second-order valence-electron chi connectivity index (χ2n) is 6.46. The van der Waals surface area contributed by atoms with E-state index < -0.39 is 21.6 Å². The fraction of sp³-hybridized carbons (Fsp3) is 0.353. The molecule has 0 bridgehead atoms. The Morgan fingerprint density at radius 1 is 1.20 bits per heavy atom. The van der Waals surface area contributed by atoms with Crippen molar-refractivity contribution in [2.24, 2.45) is 0 Å². The Morgan fingerprint density at radius 2 is 1.96 bits per heavy atom. The summed E-state index contributed by atoms with van der Waals surface area (Å²) in [5.74, 6) is -2.05. The van der Waals surface area contributed by atoms with Crippen molar-refractivity contribution in [3.63, 3.8) is 0 Å². The number of nitrogens with one attached hydrogen (secondary N) is 1. The smallest absolute Gasteiger partial charge is 0.177 e. The van der Waals surface area contributed by atoms with Gasteiger partial charge in [0.25, 0.3) is 0 Å². The topological polar surface area (TPSA) is 83.5 Å². The van der Waals surface area contributed by atoms with E-state index in [1.165, 1.54) is 6.07 Å². The summed E-state index contributed by atoms with van der Waals surface area (Å²) in [5.41, 5.74) is 1.91. The fourth-order valence-corrected chi connectivity index (χ4v) is 6.04. The number of phenols is 1. The molecule has 0 spiro atoms. The molecule has 4 rings (SSSR count). The highest BCUT2D eigenvalue weighted by Gasteiger charge is 2.45. The van der Waals surface area contributed by atoms with Gasteiger partial charge in [0, 0.05) is 41.4 Å². The van der Waals surface area contributed by atoms with E-state index in [1.54, 1.807) is 0 Å². The number of phenolic OH excluding ortho intramolecular Hbond substituents is 1. The van der Waals surface area contributed by atoms with E-state index in [0.29, 0.717) is 37.0 Å². The standard InChI is InChI=1S/C17H15BrFNO4S/c18-9-6-8(14(22)7-10(9)19)15-16-11(2-1-3-13(16)21)20-12-4-5-25(23,24)17(12)15/h6-7,15,20,22H,1-5H2. The van der Waals surface area contributed by atoms with Gasteiger partial charge in [0.2, 0.25) is 0 Å². The van der Waals surface area contributed by atoms with Crippen molar-refractivity contribution in [2.45, 2.75) is 31.6 Å². The molecule has 1 atom stereocenters. The molecule has 1 aliphatic carbocycles. The lowest BCUT2D eigenvalue weighted by Gasteiger charge is -2.33. The molecule has 1 unspecified atom stereocenters. The average molecular weight is 428 g/mol. The van der Waals surface area contributed by atoms with E-state index in [0.717, 1.165) is 11.8 Å². The van der Waals surface area contributed by atoms with Gasteiger partial charge in [-0.2, -0.15) is 0 Å². The molecule has 0 saturated carbocycles. The molecule has 1 aromatic rings. The second kappa shape index (κ2) is 5.67. The molecule has 2 N–H and O–H groups in total. The maximum Gasteiger partial charge on any atom is 0.177 e. The fourth-order valence-electron chi connectivity index (χ4n) is 3.86. The molecule has 8 heteroatoms. The maximum absolute atomic E-state index is 13.7. The molecule has 0 amide bonds. The van der Waals surface area contributed by atoms with Crippen molar-refractivity contribution >= 4 is 31.6 Å². The number of aromatic hydroxyl groups is 1. The van der Waals surface area contributed by atoms with Crippen molar-refractivity contribution in [3.8, 4) is 5.75 Å². The van der Waals surface area contributed by atoms with Crippen LogP contribution in [0, 0.1) is 5.82 Å². The minimum atomic E-state index is -3.55. The first kappa shape index (κ1) is 16.8. The van der Waals surface area contributed by atoms with Crippen LogP contribution < -0.4 is 5.32 Å². The average Bonchev–Trinajstić information content (AvgIpc) is 2.85. The Bertz CT molecular complexity index is 981. The van der Waals surface area contributed by atoms with Gasteiger partial charge in [-0.25, -0.2) is 12.8 Å². The zero-order valence-electron chi connectivity index (χ0n) is 13.1. The molecule has 1 aromatic carbocycles. The third-order valence-corrected chi connectivity index (χ3v) is 7.44. The molecule has 0 saturated heterocycles. The van der Waals surface area contributed by atoms with Gasteiger partial charge in [0.1, 0.15) is 11.6 Å². The highest BCUT2D eigenvalue weighted by molar-refractivity contribution is 9.10. The SMILES string of the molecule is O=C1CCCC2=C1C(c1cc(Br)c(F)cc1O)C1=C(CCS1(=O)=O)N2. The van der Waals surface area contributed by atoms with E-state index in [2.05, 4.69) is 21.2 Å². The number of benzene rings is 1. The number of rotatable bonds is 1. The van der Waals surface area contributed by atoms with Gasteiger partial charge in [0.05, 0.1) is 21.0 Å². The molecule has 5 nitrogen and oxygen atoms in total. The predicted octanol–water partition coefficient (Wildman–Crippen LogP) is 3.02. The predicted molar refractivity (Wildman–Crippen MR) is 93.0 cm³/mol. The number of sulfone groups is 1. The number of dihydropyridines is 1. The first-order chi connectivity index (χ1) is 11.8. The number of ketones is 1. The number of hydrogen-bond donors (Lipinski definition) is 2. The van der Waals surface area contributed by atoms with Crippen LogP contribution in [0.5, 0.6) is 5.75 Å². The van der Waals surface area contributed by atoms with Crippen molar-refractivity contribution in [3.05, 3.63) is 49.9 Å². The normalized spacial score (nSPS) is 24.9. The number of carbonyl (C=O) groups excluding carboxylic acids is 1. The monoisotopic (exact) mass is 427 g/mol. The quantitative estimate of drug-likeness (QED) is 0.719. The summed E-state index contributed by atoms with van der Waals surface area (Å²) in [4.78, 5) is 12.7. The van der Waals surface area contributed by atoms with E-state index in [1.807, 2.05) is 0 Å². The molecule has 2 heterocycles. The molecule has 0 fully saturated rings. The van der Waals surface area contributed by atoms with Crippen LogP contribution >= 0.6 is 15.9 Å². The zero-order chi connectivity index (χ0) is 17.9. The second-order valence-corrected chi connectivity index (χ2v) is 9.40. The third-order valence-electron chi connectivity index (χ3n) is 4.94. The summed E-state index contributed by atoms with van der Waals surface area (Å²) in [6.07, 6.45) is 2.04. The van der Waals surface area contributed by atoms with Gasteiger partial charge in [-0.05, 0) is 34.8 Å². The molecule has 0 aromatic heterocycles. The van der Waals surface area contributed by atoms with Gasteiger partial charge < -0.3 is 10.4 Å². The number of allylic oxidation sites excluding steroid dienone is 4. The lowest BCUT2D eigenvalue weighted by Crippen LogP contribution is -2.32. The lowest BCUT2D eigenvalue weighted by molar-refractivity contribution is -0.116. The molecule has 132 valence electrons. The summed E-state index contributed by atoms with van der Waals surface area (Å²) in [6.45, 7) is 0. The van der Waals surface area contributed by atoms with Crippen molar-refractivity contribution in [2.75, 3.05) is 5.75 Å². The van der Waals surface area contributed by atoms with Crippen LogP contribution in [-0.2, 0) is 14.6 Å². The summed E-state index contributed by atoms with van der Waals surface area (Å²) in [6, 6.07) is 2.31. The van der Waals surface area contributed by atoms with Gasteiger partial charge in [0.15, 0.2) is 15.6 Å². The summed E-state index contributed by atoms with van der Waals surface area (Å²) in [5, 5.41) is 13.4. The minimum Gasteiger partial charge on any atom is -0.508 e. The van der Waals surface area contributed by atoms with Crippen molar-refractivity contribution in [1.82, 2.24) is 5.32 Å². The number of carbonyl (C=O) groups is 1. The number of halogens is 2. The molecule has 2 aliphatic heterocycles. The Morgan fingerprint density at radius 3 is 2.72 bits per heavy atom. The van der Waals surface area contributed by atoms with Crippen molar-refractivity contribution in [1.29, 1.82) is 0 Å². The maximum atomic E-state index is 13.7. The largest absolute Gasteiger partial charge is 0.508 e. The highest BCUT2D eigenvalue weighted by Crippen LogP contribution is 2.49. The lowest BCUT2D eigenvalue weighted by atomic mass is 9.79. The van der Waals surface area contributed by atoms with Crippen LogP contribution in [0.4, 0.5) is 4.39 Å². The van der Waals surface area contributed by atoms with Crippen LogP contribution in [0.15, 0.2) is 38.5 Å². The Kier molecular flexibility index (Phi) is 3.81. The first-order valence-corrected chi connectivity index (χ1v) is 10.4. The van der Waals surface area contributed by atoms with Gasteiger partial charge in [-0.15, -0.1) is 0 Å². The van der Waals surface area contributed by atoms with Crippen LogP contribution in [0.25, 0.3) is 0 Å². The van der Waals surface area contributed by atoms with Crippen LogP contribution in [0.1, 0.15) is 37.2 Å². The molecule has 3 aliphatic rings. The molecular formula is C17H15BrFNO4S. The Labute approximate surface area is 152 Å². The Hall–Kier alpha value is -1.67. The van der Waals surface area contributed by atoms with Gasteiger partial charge >= 0.3 is 0 Å². The van der Waals surface area contributed by atoms with E-state index in [-0.39, 0.29) is 32.2 Å². The molecular weight excluding hydrogens is 413 g/mol. The van der Waals surface area contributed by atoms with E-state index in [9.17, 15) is 22.7 Å². The van der Waals surface area contributed by atoms with E-state index >= 15 is 0 Å². The van der Waals surface area contributed by atoms with Gasteiger partial charge in [-0.1, -0.05) is 0 Å². The number of Topliss-reactive ketones (excluding diaryl/α,β-unsaturated/α-hetero) is 1. The third kappa shape index (κ3) is 2.54. The van der Waals surface area contributed by atoms with E-state index in [4.69, 9.17) is 0 Å². The zero-order valence-corrected chi connectivity index (χ0v) is 15.5. The van der Waals surface area contributed by atoms with Crippen molar-refractivity contribution < 1.29 is 22.7 Å². The molecule has 25 heavy (non-hydrogen) atoms. The summed E-state index contributed by atoms with van der Waals surface area (Å²) in [7, 11) is -3.55. The highest BCUT2D eigenvalue weighted by atomic mass is 79.9.